The van der Waals surface area contributed by atoms with Gasteiger partial charge in [0.15, 0.2) is 0 Å². The van der Waals surface area contributed by atoms with E-state index < -0.39 is 10.0 Å². The van der Waals surface area contributed by atoms with Crippen molar-refractivity contribution in [3.8, 4) is 5.75 Å². The number of ether oxygens (including phenoxy) is 1. The van der Waals surface area contributed by atoms with Crippen LogP contribution in [0.4, 0.5) is 11.4 Å². The number of sulfonamides is 1. The van der Waals surface area contributed by atoms with Gasteiger partial charge in [-0.3, -0.25) is 15.5 Å². The molecule has 0 amide bonds. The van der Waals surface area contributed by atoms with E-state index in [2.05, 4.69) is 15.1 Å². The number of nitrogens with zero attached hydrogens (tertiary/aromatic N) is 1. The maximum Gasteiger partial charge on any atom is 0.265 e. The summed E-state index contributed by atoms with van der Waals surface area (Å²) >= 11 is 5.98. The lowest BCUT2D eigenvalue weighted by atomic mass is 10.3. The van der Waals surface area contributed by atoms with Crippen LogP contribution in [0.3, 0.4) is 0 Å². The monoisotopic (exact) mass is 328 g/mol. The topological polar surface area (TPSA) is 106 Å². The maximum absolute atomic E-state index is 12.4. The minimum atomic E-state index is -3.90. The van der Waals surface area contributed by atoms with Gasteiger partial charge in [0, 0.05) is 18.5 Å². The molecule has 0 aliphatic rings. The van der Waals surface area contributed by atoms with Crippen LogP contribution in [0.2, 0.25) is 5.02 Å². The number of benzene rings is 1. The highest BCUT2D eigenvalue weighted by Crippen LogP contribution is 2.30. The molecule has 0 saturated carbocycles. The number of halogens is 1. The molecule has 9 heteroatoms. The molecule has 0 aliphatic carbocycles. The Kier molecular flexibility index (Phi) is 4.51. The number of hydrogen-bond donors (Lipinski definition) is 3. The second kappa shape index (κ2) is 6.17. The summed E-state index contributed by atoms with van der Waals surface area (Å²) in [5.74, 6) is 5.77. The zero-order valence-corrected chi connectivity index (χ0v) is 12.6. The fraction of sp³-hybridized carbons (Fsp3) is 0.0833. The SMILES string of the molecule is COc1ccc(Cl)c(NS(=O)(=O)c2cnccc2NN)c1. The molecule has 0 radical (unpaired) electrons. The number of nitrogen functional groups attached to an aromatic ring is 1. The van der Waals surface area contributed by atoms with Crippen molar-refractivity contribution in [3.63, 3.8) is 0 Å². The van der Waals surface area contributed by atoms with Crippen molar-refractivity contribution in [3.05, 3.63) is 41.7 Å². The number of hydrogen-bond acceptors (Lipinski definition) is 6. The number of hydrazine groups is 1. The van der Waals surface area contributed by atoms with Crippen LogP contribution < -0.4 is 20.7 Å². The Balaban J connectivity index is 2.42. The molecule has 4 N–H and O–H groups in total. The van der Waals surface area contributed by atoms with Gasteiger partial charge in [-0.15, -0.1) is 0 Å². The molecule has 0 atom stereocenters. The van der Waals surface area contributed by atoms with E-state index in [0.29, 0.717) is 5.75 Å². The van der Waals surface area contributed by atoms with Crippen LogP contribution >= 0.6 is 11.6 Å². The minimum absolute atomic E-state index is 0.0913. The number of rotatable bonds is 5. The Hall–Kier alpha value is -2.03. The van der Waals surface area contributed by atoms with Gasteiger partial charge < -0.3 is 10.2 Å². The van der Waals surface area contributed by atoms with Crippen LogP contribution in [0, 0.1) is 0 Å². The first-order valence-electron chi connectivity index (χ1n) is 5.75. The lowest BCUT2D eigenvalue weighted by molar-refractivity contribution is 0.415. The molecule has 21 heavy (non-hydrogen) atoms. The average Bonchev–Trinajstić information content (AvgIpc) is 2.49. The van der Waals surface area contributed by atoms with E-state index >= 15 is 0 Å². The molecule has 112 valence electrons. The van der Waals surface area contributed by atoms with Gasteiger partial charge in [0.25, 0.3) is 10.0 Å². The molecule has 0 aliphatic heterocycles. The highest BCUT2D eigenvalue weighted by atomic mass is 35.5. The maximum atomic E-state index is 12.4. The quantitative estimate of drug-likeness (QED) is 0.571. The largest absolute Gasteiger partial charge is 0.497 e. The number of nitrogens with two attached hydrogens (primary N) is 1. The lowest BCUT2D eigenvalue weighted by Gasteiger charge is -2.13. The molecular weight excluding hydrogens is 316 g/mol. The van der Waals surface area contributed by atoms with Gasteiger partial charge in [0.1, 0.15) is 10.6 Å². The number of pyridine rings is 1. The lowest BCUT2D eigenvalue weighted by Crippen LogP contribution is -2.18. The summed E-state index contributed by atoms with van der Waals surface area (Å²) in [6.07, 6.45) is 2.61. The van der Waals surface area contributed by atoms with Crippen LogP contribution in [-0.4, -0.2) is 20.5 Å². The summed E-state index contributed by atoms with van der Waals surface area (Å²) in [5.41, 5.74) is 2.72. The molecule has 0 unspecified atom stereocenters. The van der Waals surface area contributed by atoms with E-state index in [1.807, 2.05) is 0 Å². The first-order chi connectivity index (χ1) is 9.97. The second-order valence-electron chi connectivity index (χ2n) is 3.97. The summed E-state index contributed by atoms with van der Waals surface area (Å²) in [4.78, 5) is 3.69. The van der Waals surface area contributed by atoms with Gasteiger partial charge in [-0.1, -0.05) is 11.6 Å². The third-order valence-corrected chi connectivity index (χ3v) is 4.37. The molecule has 7 nitrogen and oxygen atoms in total. The van der Waals surface area contributed by atoms with Crippen molar-refractivity contribution in [2.75, 3.05) is 17.3 Å². The zero-order chi connectivity index (χ0) is 15.5. The molecule has 1 heterocycles. The summed E-state index contributed by atoms with van der Waals surface area (Å²) in [6, 6.07) is 6.08. The van der Waals surface area contributed by atoms with Crippen LogP contribution in [0.25, 0.3) is 0 Å². The molecule has 2 aromatic rings. The first-order valence-corrected chi connectivity index (χ1v) is 7.61. The Morgan fingerprint density at radius 1 is 1.29 bits per heavy atom. The first kappa shape index (κ1) is 15.4. The van der Waals surface area contributed by atoms with Gasteiger partial charge in [0.05, 0.1) is 23.5 Å². The van der Waals surface area contributed by atoms with Crippen LogP contribution in [0.5, 0.6) is 5.75 Å². The van der Waals surface area contributed by atoms with Crippen molar-refractivity contribution >= 4 is 33.0 Å². The predicted octanol–water partition coefficient (Wildman–Crippen LogP) is 1.83. The van der Waals surface area contributed by atoms with Crippen LogP contribution in [-0.2, 0) is 10.0 Å². The smallest absolute Gasteiger partial charge is 0.265 e. The number of anilines is 2. The van der Waals surface area contributed by atoms with Gasteiger partial charge in [-0.25, -0.2) is 8.42 Å². The highest BCUT2D eigenvalue weighted by Gasteiger charge is 2.20. The third-order valence-electron chi connectivity index (χ3n) is 2.65. The summed E-state index contributed by atoms with van der Waals surface area (Å²) in [6.45, 7) is 0. The second-order valence-corrected chi connectivity index (χ2v) is 6.03. The van der Waals surface area contributed by atoms with Crippen molar-refractivity contribution < 1.29 is 13.2 Å². The van der Waals surface area contributed by atoms with E-state index in [9.17, 15) is 8.42 Å². The number of nitrogens with one attached hydrogen (secondary N) is 2. The minimum Gasteiger partial charge on any atom is -0.497 e. The molecular formula is C12H13ClN4O3S. The van der Waals surface area contributed by atoms with E-state index in [4.69, 9.17) is 22.2 Å². The molecule has 0 saturated heterocycles. The van der Waals surface area contributed by atoms with Gasteiger partial charge in [-0.05, 0) is 18.2 Å². The molecule has 1 aromatic heterocycles. The zero-order valence-electron chi connectivity index (χ0n) is 11.0. The summed E-state index contributed by atoms with van der Waals surface area (Å²) < 4.78 is 32.2. The van der Waals surface area contributed by atoms with E-state index in [1.54, 1.807) is 6.07 Å². The number of aromatic nitrogens is 1. The summed E-state index contributed by atoms with van der Waals surface area (Å²) in [7, 11) is -2.43. The van der Waals surface area contributed by atoms with Crippen molar-refractivity contribution in [1.29, 1.82) is 0 Å². The normalized spacial score (nSPS) is 11.0. The van der Waals surface area contributed by atoms with Crippen molar-refractivity contribution in [2.45, 2.75) is 4.90 Å². The number of methoxy groups -OCH3 is 1. The standard InChI is InChI=1S/C12H13ClN4O3S/c1-20-8-2-3-9(13)11(6-8)17-21(18,19)12-7-15-5-4-10(12)16-14/h2-7,17H,14H2,1H3,(H,15,16). The highest BCUT2D eigenvalue weighted by molar-refractivity contribution is 7.92. The van der Waals surface area contributed by atoms with Crippen molar-refractivity contribution in [1.82, 2.24) is 4.98 Å². The predicted molar refractivity (Wildman–Crippen MR) is 80.9 cm³/mol. The fourth-order valence-electron chi connectivity index (χ4n) is 1.62. The van der Waals surface area contributed by atoms with Gasteiger partial charge in [0.2, 0.25) is 0 Å². The third kappa shape index (κ3) is 3.35. The Morgan fingerprint density at radius 3 is 2.71 bits per heavy atom. The van der Waals surface area contributed by atoms with E-state index in [-0.39, 0.29) is 21.3 Å². The molecule has 2 rings (SSSR count). The van der Waals surface area contributed by atoms with Crippen LogP contribution in [0.15, 0.2) is 41.6 Å². The molecule has 0 bridgehead atoms. The molecule has 1 aromatic carbocycles. The van der Waals surface area contributed by atoms with Gasteiger partial charge in [-0.2, -0.15) is 0 Å². The van der Waals surface area contributed by atoms with Crippen LogP contribution in [0.1, 0.15) is 0 Å². The molecule has 0 fully saturated rings. The Labute approximate surface area is 127 Å². The summed E-state index contributed by atoms with van der Waals surface area (Å²) in [5, 5.41) is 0.241. The van der Waals surface area contributed by atoms with Crippen molar-refractivity contribution in [2.24, 2.45) is 5.84 Å². The Morgan fingerprint density at radius 2 is 2.05 bits per heavy atom. The van der Waals surface area contributed by atoms with E-state index in [1.165, 1.54) is 37.7 Å². The fourth-order valence-corrected chi connectivity index (χ4v) is 3.03. The Bertz CT molecular complexity index is 752. The molecule has 0 spiro atoms. The van der Waals surface area contributed by atoms with Gasteiger partial charge >= 0.3 is 0 Å². The average molecular weight is 329 g/mol. The van der Waals surface area contributed by atoms with E-state index in [0.717, 1.165) is 0 Å².